The lowest BCUT2D eigenvalue weighted by atomic mass is 10.0. The molecule has 2 heterocycles. The molecule has 130 valence electrons. The molecule has 0 spiro atoms. The summed E-state index contributed by atoms with van der Waals surface area (Å²) in [7, 11) is 0. The van der Waals surface area contributed by atoms with Gasteiger partial charge in [-0.3, -0.25) is 19.8 Å². The highest BCUT2D eigenvalue weighted by Crippen LogP contribution is 2.29. The highest BCUT2D eigenvalue weighted by molar-refractivity contribution is 6.00. The molecule has 1 unspecified atom stereocenters. The number of carbonyl (C=O) groups excluding carboxylic acids is 2. The molecule has 0 aromatic heterocycles. The van der Waals surface area contributed by atoms with Crippen molar-refractivity contribution in [1.29, 1.82) is 0 Å². The summed E-state index contributed by atoms with van der Waals surface area (Å²) in [5.74, 6) is -0.342. The van der Waals surface area contributed by atoms with Gasteiger partial charge in [-0.25, -0.2) is 0 Å². The van der Waals surface area contributed by atoms with Crippen LogP contribution in [0.25, 0.3) is 0 Å². The van der Waals surface area contributed by atoms with Crippen molar-refractivity contribution in [2.75, 3.05) is 31.6 Å². The smallest absolute Gasteiger partial charge is 0.243 e. The number of nitrogens with zero attached hydrogens (tertiary/aromatic N) is 1. The number of rotatable bonds is 7. The van der Waals surface area contributed by atoms with Crippen LogP contribution in [0.1, 0.15) is 24.0 Å². The van der Waals surface area contributed by atoms with Crippen molar-refractivity contribution in [3.8, 4) is 0 Å². The van der Waals surface area contributed by atoms with Crippen LogP contribution in [0.2, 0.25) is 0 Å². The maximum Gasteiger partial charge on any atom is 0.243 e. The van der Waals surface area contributed by atoms with Gasteiger partial charge in [0.25, 0.3) is 0 Å². The third kappa shape index (κ3) is 3.92. The van der Waals surface area contributed by atoms with Crippen molar-refractivity contribution in [2.45, 2.75) is 32.0 Å². The SMILES string of the molecule is NCCOCCNc1ccc2c(c1)CN(C1CCC(=O)NC1=O)C2. The summed E-state index contributed by atoms with van der Waals surface area (Å²) in [5, 5.41) is 5.77. The number of nitrogens with one attached hydrogen (secondary N) is 2. The number of imide groups is 1. The number of carbonyl (C=O) groups is 2. The molecule has 1 aromatic carbocycles. The predicted octanol–water partition coefficient (Wildman–Crippen LogP) is 0.195. The van der Waals surface area contributed by atoms with Crippen LogP contribution in [0.15, 0.2) is 18.2 Å². The fourth-order valence-electron chi connectivity index (χ4n) is 3.23. The molecular formula is C17H24N4O3. The minimum absolute atomic E-state index is 0.170. The van der Waals surface area contributed by atoms with Gasteiger partial charge < -0.3 is 15.8 Å². The summed E-state index contributed by atoms with van der Waals surface area (Å²) in [6.07, 6.45) is 1.01. The molecule has 0 radical (unpaired) electrons. The van der Waals surface area contributed by atoms with Crippen LogP contribution in [-0.2, 0) is 27.4 Å². The van der Waals surface area contributed by atoms with Crippen molar-refractivity contribution in [3.63, 3.8) is 0 Å². The summed E-state index contributed by atoms with van der Waals surface area (Å²) in [4.78, 5) is 25.5. The molecule has 1 saturated heterocycles. The quantitative estimate of drug-likeness (QED) is 0.487. The molecular weight excluding hydrogens is 308 g/mol. The minimum Gasteiger partial charge on any atom is -0.383 e. The van der Waals surface area contributed by atoms with Gasteiger partial charge in [-0.1, -0.05) is 6.07 Å². The van der Waals surface area contributed by atoms with Crippen molar-refractivity contribution in [2.24, 2.45) is 5.73 Å². The van der Waals surface area contributed by atoms with Gasteiger partial charge in [-0.05, 0) is 29.7 Å². The Morgan fingerprint density at radius 3 is 2.88 bits per heavy atom. The number of hydrogen-bond acceptors (Lipinski definition) is 6. The number of nitrogens with two attached hydrogens (primary N) is 1. The second-order valence-corrected chi connectivity index (χ2v) is 6.18. The Labute approximate surface area is 141 Å². The van der Waals surface area contributed by atoms with Gasteiger partial charge in [0.15, 0.2) is 0 Å². The van der Waals surface area contributed by atoms with Gasteiger partial charge in [0, 0.05) is 38.3 Å². The largest absolute Gasteiger partial charge is 0.383 e. The minimum atomic E-state index is -0.212. The Kier molecular flexibility index (Phi) is 5.44. The summed E-state index contributed by atoms with van der Waals surface area (Å²) in [6.45, 7) is 3.95. The highest BCUT2D eigenvalue weighted by Gasteiger charge is 2.34. The summed E-state index contributed by atoms with van der Waals surface area (Å²) in [5.41, 5.74) is 8.90. The first kappa shape index (κ1) is 16.9. The molecule has 0 aliphatic carbocycles. The molecule has 3 rings (SSSR count). The van der Waals surface area contributed by atoms with Gasteiger partial charge in [-0.15, -0.1) is 0 Å². The van der Waals surface area contributed by atoms with Gasteiger partial charge in [-0.2, -0.15) is 0 Å². The topological polar surface area (TPSA) is 96.7 Å². The van der Waals surface area contributed by atoms with Gasteiger partial charge in [0.05, 0.1) is 19.3 Å². The highest BCUT2D eigenvalue weighted by atomic mass is 16.5. The Morgan fingerprint density at radius 2 is 2.08 bits per heavy atom. The number of anilines is 1. The molecule has 2 amide bonds. The zero-order valence-corrected chi connectivity index (χ0v) is 13.7. The van der Waals surface area contributed by atoms with Gasteiger partial charge in [0.2, 0.25) is 11.8 Å². The number of ether oxygens (including phenoxy) is 1. The molecule has 2 aliphatic heterocycles. The zero-order valence-electron chi connectivity index (χ0n) is 13.7. The molecule has 1 atom stereocenters. The standard InChI is InChI=1S/C17H24N4O3/c18-5-7-24-8-6-19-14-2-1-12-10-21(11-13(12)9-14)15-3-4-16(22)20-17(15)23/h1-2,9,15,19H,3-8,10-11,18H2,(H,20,22,23). The second-order valence-electron chi connectivity index (χ2n) is 6.18. The van der Waals surface area contributed by atoms with E-state index in [1.54, 1.807) is 0 Å². The van der Waals surface area contributed by atoms with E-state index in [0.29, 0.717) is 32.6 Å². The van der Waals surface area contributed by atoms with E-state index in [4.69, 9.17) is 10.5 Å². The molecule has 2 aliphatic rings. The lowest BCUT2D eigenvalue weighted by Crippen LogP contribution is -2.50. The average Bonchev–Trinajstić information content (AvgIpc) is 2.97. The van der Waals surface area contributed by atoms with E-state index in [9.17, 15) is 9.59 Å². The normalized spacial score (nSPS) is 20.8. The molecule has 1 aromatic rings. The number of piperidine rings is 1. The zero-order chi connectivity index (χ0) is 16.9. The first-order chi connectivity index (χ1) is 11.7. The molecule has 0 saturated carbocycles. The molecule has 1 fully saturated rings. The maximum absolute atomic E-state index is 12.0. The number of benzene rings is 1. The number of fused-ring (bicyclic) bond motifs is 1. The molecule has 4 N–H and O–H groups in total. The second kappa shape index (κ2) is 7.74. The lowest BCUT2D eigenvalue weighted by Gasteiger charge is -2.29. The van der Waals surface area contributed by atoms with E-state index < -0.39 is 0 Å². The Morgan fingerprint density at radius 1 is 1.25 bits per heavy atom. The summed E-state index contributed by atoms with van der Waals surface area (Å²) < 4.78 is 5.35. The van der Waals surface area contributed by atoms with E-state index in [-0.39, 0.29) is 17.9 Å². The number of amides is 2. The third-order valence-electron chi connectivity index (χ3n) is 4.44. The Hall–Kier alpha value is -1.96. The van der Waals surface area contributed by atoms with E-state index in [1.807, 2.05) is 0 Å². The molecule has 7 heteroatoms. The average molecular weight is 332 g/mol. The lowest BCUT2D eigenvalue weighted by molar-refractivity contribution is -0.137. The molecule has 24 heavy (non-hydrogen) atoms. The van der Waals surface area contributed by atoms with Crippen molar-refractivity contribution in [3.05, 3.63) is 29.3 Å². The summed E-state index contributed by atoms with van der Waals surface area (Å²) in [6, 6.07) is 6.07. The van der Waals surface area contributed by atoms with E-state index in [2.05, 4.69) is 33.7 Å². The Balaban J connectivity index is 1.55. The van der Waals surface area contributed by atoms with Crippen LogP contribution in [0.4, 0.5) is 5.69 Å². The van der Waals surface area contributed by atoms with Crippen molar-refractivity contribution in [1.82, 2.24) is 10.2 Å². The van der Waals surface area contributed by atoms with E-state index in [1.165, 1.54) is 11.1 Å². The van der Waals surface area contributed by atoms with Crippen LogP contribution in [0.3, 0.4) is 0 Å². The Bertz CT molecular complexity index is 620. The van der Waals surface area contributed by atoms with Crippen LogP contribution < -0.4 is 16.4 Å². The fourth-order valence-corrected chi connectivity index (χ4v) is 3.23. The molecule has 0 bridgehead atoms. The van der Waals surface area contributed by atoms with Crippen LogP contribution in [0.5, 0.6) is 0 Å². The third-order valence-corrected chi connectivity index (χ3v) is 4.44. The molecule has 7 nitrogen and oxygen atoms in total. The number of hydrogen-bond donors (Lipinski definition) is 3. The van der Waals surface area contributed by atoms with Crippen molar-refractivity contribution < 1.29 is 14.3 Å². The van der Waals surface area contributed by atoms with Crippen LogP contribution in [0, 0.1) is 0 Å². The van der Waals surface area contributed by atoms with Crippen LogP contribution >= 0.6 is 0 Å². The van der Waals surface area contributed by atoms with E-state index in [0.717, 1.165) is 25.3 Å². The van der Waals surface area contributed by atoms with E-state index >= 15 is 0 Å². The fraction of sp³-hybridized carbons (Fsp3) is 0.529. The first-order valence-electron chi connectivity index (χ1n) is 8.38. The predicted molar refractivity (Wildman–Crippen MR) is 90.2 cm³/mol. The van der Waals surface area contributed by atoms with Crippen molar-refractivity contribution >= 4 is 17.5 Å². The van der Waals surface area contributed by atoms with Crippen LogP contribution in [-0.4, -0.2) is 49.1 Å². The van der Waals surface area contributed by atoms with Gasteiger partial charge in [0.1, 0.15) is 0 Å². The van der Waals surface area contributed by atoms with Gasteiger partial charge >= 0.3 is 0 Å². The monoisotopic (exact) mass is 332 g/mol. The first-order valence-corrected chi connectivity index (χ1v) is 8.38. The maximum atomic E-state index is 12.0. The summed E-state index contributed by atoms with van der Waals surface area (Å²) >= 11 is 0.